The molecule has 0 saturated heterocycles. The lowest BCUT2D eigenvalue weighted by Crippen LogP contribution is -2.30. The number of hydrogen-bond donors (Lipinski definition) is 2. The van der Waals surface area contributed by atoms with E-state index in [0.29, 0.717) is 23.4 Å². The van der Waals surface area contributed by atoms with Gasteiger partial charge in [0.25, 0.3) is 0 Å². The van der Waals surface area contributed by atoms with Crippen LogP contribution in [0.2, 0.25) is 5.02 Å². The summed E-state index contributed by atoms with van der Waals surface area (Å²) >= 11 is 6.04. The molecular weight excluding hydrogens is 250 g/mol. The van der Waals surface area contributed by atoms with E-state index >= 15 is 0 Å². The van der Waals surface area contributed by atoms with Crippen LogP contribution in [-0.4, -0.2) is 24.8 Å². The van der Waals surface area contributed by atoms with Gasteiger partial charge in [-0.2, -0.15) is 0 Å². The molecule has 100 valence electrons. The maximum Gasteiger partial charge on any atom is 0.137 e. The molecule has 1 aromatic carbocycles. The third kappa shape index (κ3) is 3.37. The molecule has 3 nitrogen and oxygen atoms in total. The Bertz CT molecular complexity index is 391. The molecule has 0 heterocycles. The van der Waals surface area contributed by atoms with E-state index in [9.17, 15) is 5.11 Å². The zero-order chi connectivity index (χ0) is 13.0. The Morgan fingerprint density at radius 3 is 2.78 bits per heavy atom. The zero-order valence-corrected chi connectivity index (χ0v) is 11.4. The summed E-state index contributed by atoms with van der Waals surface area (Å²) in [6.45, 7) is 0.577. The van der Waals surface area contributed by atoms with Crippen molar-refractivity contribution in [1.29, 1.82) is 0 Å². The first-order valence-corrected chi connectivity index (χ1v) is 6.83. The van der Waals surface area contributed by atoms with Crippen molar-refractivity contribution in [3.63, 3.8) is 0 Å². The smallest absolute Gasteiger partial charge is 0.137 e. The summed E-state index contributed by atoms with van der Waals surface area (Å²) in [4.78, 5) is 0. The van der Waals surface area contributed by atoms with E-state index in [2.05, 4.69) is 5.32 Å². The average molecular weight is 270 g/mol. The highest BCUT2D eigenvalue weighted by Crippen LogP contribution is 2.27. The maximum absolute atomic E-state index is 10.1. The Morgan fingerprint density at radius 2 is 2.17 bits per heavy atom. The lowest BCUT2D eigenvalue weighted by molar-refractivity contribution is 0.170. The molecule has 0 aromatic heterocycles. The van der Waals surface area contributed by atoms with Gasteiger partial charge in [-0.05, 0) is 30.5 Å². The number of aliphatic hydroxyl groups is 1. The Kier molecular flexibility index (Phi) is 4.87. The standard InChI is InChI=1S/C14H20ClNO2/c1-18-14-7-6-10(8-12(14)15)13(17)9-16-11-4-2-3-5-11/h6-8,11,13,16-17H,2-5,9H2,1H3. The second-order valence-electron chi connectivity index (χ2n) is 4.80. The van der Waals surface area contributed by atoms with Gasteiger partial charge in [0.2, 0.25) is 0 Å². The fourth-order valence-electron chi connectivity index (χ4n) is 2.42. The number of rotatable bonds is 5. The minimum absolute atomic E-state index is 0.519. The van der Waals surface area contributed by atoms with Crippen molar-refractivity contribution in [3.05, 3.63) is 28.8 Å². The van der Waals surface area contributed by atoms with Crippen molar-refractivity contribution in [2.45, 2.75) is 37.8 Å². The van der Waals surface area contributed by atoms with Crippen LogP contribution in [0.25, 0.3) is 0 Å². The molecule has 1 aliphatic rings. The predicted octanol–water partition coefficient (Wildman–Crippen LogP) is 2.91. The molecule has 0 bridgehead atoms. The molecular formula is C14H20ClNO2. The molecule has 1 aromatic rings. The minimum Gasteiger partial charge on any atom is -0.495 e. The normalized spacial score (nSPS) is 17.9. The molecule has 2 N–H and O–H groups in total. The van der Waals surface area contributed by atoms with Crippen molar-refractivity contribution in [3.8, 4) is 5.75 Å². The van der Waals surface area contributed by atoms with E-state index in [-0.39, 0.29) is 0 Å². The quantitative estimate of drug-likeness (QED) is 0.864. The summed E-state index contributed by atoms with van der Waals surface area (Å²) in [7, 11) is 1.58. The Labute approximate surface area is 113 Å². The lowest BCUT2D eigenvalue weighted by atomic mass is 10.1. The van der Waals surface area contributed by atoms with Gasteiger partial charge in [0.05, 0.1) is 18.2 Å². The van der Waals surface area contributed by atoms with Gasteiger partial charge in [-0.1, -0.05) is 30.5 Å². The van der Waals surface area contributed by atoms with Gasteiger partial charge >= 0.3 is 0 Å². The number of halogens is 1. The van der Waals surface area contributed by atoms with Gasteiger partial charge in [-0.25, -0.2) is 0 Å². The van der Waals surface area contributed by atoms with Crippen LogP contribution < -0.4 is 10.1 Å². The summed E-state index contributed by atoms with van der Waals surface area (Å²) in [5.74, 6) is 0.636. The second kappa shape index (κ2) is 6.41. The van der Waals surface area contributed by atoms with E-state index < -0.39 is 6.10 Å². The van der Waals surface area contributed by atoms with Crippen LogP contribution in [0.5, 0.6) is 5.75 Å². The predicted molar refractivity (Wildman–Crippen MR) is 73.2 cm³/mol. The van der Waals surface area contributed by atoms with Crippen LogP contribution in [0, 0.1) is 0 Å². The van der Waals surface area contributed by atoms with Crippen LogP contribution >= 0.6 is 11.6 Å². The van der Waals surface area contributed by atoms with E-state index in [0.717, 1.165) is 5.56 Å². The van der Waals surface area contributed by atoms with Crippen LogP contribution in [0.15, 0.2) is 18.2 Å². The summed E-state index contributed by atoms with van der Waals surface area (Å²) < 4.78 is 5.09. The number of aliphatic hydroxyl groups excluding tert-OH is 1. The Morgan fingerprint density at radius 1 is 1.44 bits per heavy atom. The van der Waals surface area contributed by atoms with Crippen molar-refractivity contribution < 1.29 is 9.84 Å². The largest absolute Gasteiger partial charge is 0.495 e. The van der Waals surface area contributed by atoms with Gasteiger partial charge in [-0.3, -0.25) is 0 Å². The molecule has 0 radical (unpaired) electrons. The average Bonchev–Trinajstić information content (AvgIpc) is 2.89. The molecule has 4 heteroatoms. The molecule has 1 saturated carbocycles. The number of ether oxygens (including phenoxy) is 1. The summed E-state index contributed by atoms with van der Waals surface area (Å²) in [6, 6.07) is 5.97. The molecule has 1 aliphatic carbocycles. The minimum atomic E-state index is -0.519. The molecule has 1 fully saturated rings. The Hall–Kier alpha value is -0.770. The highest BCUT2D eigenvalue weighted by molar-refractivity contribution is 6.32. The van der Waals surface area contributed by atoms with Crippen LogP contribution in [-0.2, 0) is 0 Å². The first-order valence-electron chi connectivity index (χ1n) is 6.45. The summed E-state index contributed by atoms with van der Waals surface area (Å²) in [5, 5.41) is 14.0. The lowest BCUT2D eigenvalue weighted by Gasteiger charge is -2.17. The van der Waals surface area contributed by atoms with E-state index in [1.165, 1.54) is 25.7 Å². The van der Waals surface area contributed by atoms with Crippen LogP contribution in [0.3, 0.4) is 0 Å². The Balaban J connectivity index is 1.91. The van der Waals surface area contributed by atoms with Gasteiger partial charge in [0.1, 0.15) is 5.75 Å². The third-order valence-electron chi connectivity index (χ3n) is 3.52. The maximum atomic E-state index is 10.1. The van der Waals surface area contributed by atoms with Gasteiger partial charge in [0, 0.05) is 12.6 Å². The van der Waals surface area contributed by atoms with Crippen molar-refractivity contribution in [1.82, 2.24) is 5.32 Å². The molecule has 0 amide bonds. The SMILES string of the molecule is COc1ccc(C(O)CNC2CCCC2)cc1Cl. The third-order valence-corrected chi connectivity index (χ3v) is 3.81. The van der Waals surface area contributed by atoms with E-state index in [1.54, 1.807) is 19.2 Å². The highest BCUT2D eigenvalue weighted by atomic mass is 35.5. The molecule has 1 atom stereocenters. The van der Waals surface area contributed by atoms with Gasteiger partial charge in [-0.15, -0.1) is 0 Å². The van der Waals surface area contributed by atoms with E-state index in [1.807, 2.05) is 6.07 Å². The molecule has 1 unspecified atom stereocenters. The number of nitrogens with one attached hydrogen (secondary N) is 1. The highest BCUT2D eigenvalue weighted by Gasteiger charge is 2.16. The number of methoxy groups -OCH3 is 1. The van der Waals surface area contributed by atoms with Gasteiger partial charge in [0.15, 0.2) is 0 Å². The zero-order valence-electron chi connectivity index (χ0n) is 10.7. The molecule has 0 aliphatic heterocycles. The molecule has 18 heavy (non-hydrogen) atoms. The molecule has 2 rings (SSSR count). The summed E-state index contributed by atoms with van der Waals surface area (Å²) in [5.41, 5.74) is 0.825. The number of hydrogen-bond acceptors (Lipinski definition) is 3. The first-order chi connectivity index (χ1) is 8.70. The fourth-order valence-corrected chi connectivity index (χ4v) is 2.68. The van der Waals surface area contributed by atoms with Crippen molar-refractivity contribution >= 4 is 11.6 Å². The topological polar surface area (TPSA) is 41.5 Å². The van der Waals surface area contributed by atoms with Gasteiger partial charge < -0.3 is 15.2 Å². The fraction of sp³-hybridized carbons (Fsp3) is 0.571. The number of benzene rings is 1. The second-order valence-corrected chi connectivity index (χ2v) is 5.21. The van der Waals surface area contributed by atoms with Crippen molar-refractivity contribution in [2.75, 3.05) is 13.7 Å². The van der Waals surface area contributed by atoms with Crippen LogP contribution in [0.4, 0.5) is 0 Å². The van der Waals surface area contributed by atoms with E-state index in [4.69, 9.17) is 16.3 Å². The molecule has 0 spiro atoms. The van der Waals surface area contributed by atoms with Crippen LogP contribution in [0.1, 0.15) is 37.4 Å². The monoisotopic (exact) mass is 269 g/mol. The van der Waals surface area contributed by atoms with Crippen molar-refractivity contribution in [2.24, 2.45) is 0 Å². The first kappa shape index (κ1) is 13.7. The summed E-state index contributed by atoms with van der Waals surface area (Å²) in [6.07, 6.45) is 4.50.